The smallest absolute Gasteiger partial charge is 0.225 e. The van der Waals surface area contributed by atoms with Crippen molar-refractivity contribution >= 4 is 39.0 Å². The molecule has 6 heteroatoms. The summed E-state index contributed by atoms with van der Waals surface area (Å²) in [6.07, 6.45) is 0. The molecule has 0 amide bonds. The molecule has 0 unspecified atom stereocenters. The lowest BCUT2D eigenvalue weighted by Gasteiger charge is -2.12. The van der Waals surface area contributed by atoms with E-state index in [0.29, 0.717) is 12.6 Å². The van der Waals surface area contributed by atoms with Crippen LogP contribution in [0.5, 0.6) is 0 Å². The first kappa shape index (κ1) is 13.8. The molecule has 3 rings (SSSR count). The van der Waals surface area contributed by atoms with Crippen molar-refractivity contribution in [1.82, 2.24) is 9.97 Å². The Balaban J connectivity index is 2.03. The highest BCUT2D eigenvalue weighted by Crippen LogP contribution is 2.29. The summed E-state index contributed by atoms with van der Waals surface area (Å²) < 4.78 is 5.24. The summed E-state index contributed by atoms with van der Waals surface area (Å²) in [7, 11) is 3.51. The Morgan fingerprint density at radius 3 is 2.86 bits per heavy atom. The predicted molar refractivity (Wildman–Crippen MR) is 87.4 cm³/mol. The standard InChI is InChI=1S/C15H16N4OS/c1-16-15-18-13(11-7-8-21-14(11)19-15)17-12-6-4-3-5-10(12)9-20-2/h3-8H,9H2,1-2H3,(H2,16,17,18,19). The van der Waals surface area contributed by atoms with Gasteiger partial charge in [0.2, 0.25) is 5.95 Å². The van der Waals surface area contributed by atoms with Gasteiger partial charge >= 0.3 is 0 Å². The van der Waals surface area contributed by atoms with Crippen LogP contribution in [0.1, 0.15) is 5.56 Å². The third-order valence-corrected chi connectivity index (χ3v) is 3.93. The molecule has 1 aromatic carbocycles. The maximum atomic E-state index is 5.24. The number of hydrogen-bond donors (Lipinski definition) is 2. The quantitative estimate of drug-likeness (QED) is 0.753. The zero-order valence-electron chi connectivity index (χ0n) is 11.9. The van der Waals surface area contributed by atoms with Gasteiger partial charge in [-0.3, -0.25) is 0 Å². The van der Waals surface area contributed by atoms with Gasteiger partial charge in [0, 0.05) is 25.4 Å². The number of hydrogen-bond acceptors (Lipinski definition) is 6. The molecule has 21 heavy (non-hydrogen) atoms. The number of nitrogens with one attached hydrogen (secondary N) is 2. The van der Waals surface area contributed by atoms with Crippen LogP contribution in [0, 0.1) is 0 Å². The minimum Gasteiger partial charge on any atom is -0.380 e. The first-order valence-corrected chi connectivity index (χ1v) is 7.46. The summed E-state index contributed by atoms with van der Waals surface area (Å²) in [6.45, 7) is 0.555. The Morgan fingerprint density at radius 1 is 1.19 bits per heavy atom. The lowest BCUT2D eigenvalue weighted by Crippen LogP contribution is -2.02. The first-order chi connectivity index (χ1) is 10.3. The maximum absolute atomic E-state index is 5.24. The molecule has 0 aliphatic rings. The highest BCUT2D eigenvalue weighted by molar-refractivity contribution is 7.16. The molecular formula is C15H16N4OS. The molecule has 0 saturated heterocycles. The molecule has 0 atom stereocenters. The molecule has 0 radical (unpaired) electrons. The van der Waals surface area contributed by atoms with Gasteiger partial charge in [0.05, 0.1) is 12.0 Å². The molecule has 0 spiro atoms. The molecule has 0 aliphatic carbocycles. The van der Waals surface area contributed by atoms with E-state index in [4.69, 9.17) is 4.74 Å². The average molecular weight is 300 g/mol. The fourth-order valence-corrected chi connectivity index (χ4v) is 2.88. The number of para-hydroxylation sites is 1. The molecule has 0 fully saturated rings. The zero-order valence-corrected chi connectivity index (χ0v) is 12.7. The Morgan fingerprint density at radius 2 is 2.05 bits per heavy atom. The summed E-state index contributed by atoms with van der Waals surface area (Å²) in [6, 6.07) is 10.1. The number of aromatic nitrogens is 2. The number of rotatable bonds is 5. The molecule has 3 aromatic rings. The molecule has 0 aliphatic heterocycles. The van der Waals surface area contributed by atoms with Gasteiger partial charge in [-0.05, 0) is 17.5 Å². The molecule has 2 aromatic heterocycles. The Kier molecular flexibility index (Phi) is 3.98. The molecule has 2 N–H and O–H groups in total. The van der Waals surface area contributed by atoms with Gasteiger partial charge in [0.15, 0.2) is 0 Å². The van der Waals surface area contributed by atoms with E-state index >= 15 is 0 Å². The van der Waals surface area contributed by atoms with E-state index in [2.05, 4.69) is 20.6 Å². The predicted octanol–water partition coefficient (Wildman–Crippen LogP) is 3.62. The van der Waals surface area contributed by atoms with E-state index < -0.39 is 0 Å². The summed E-state index contributed by atoms with van der Waals surface area (Å²) in [5.41, 5.74) is 2.08. The van der Waals surface area contributed by atoms with Crippen molar-refractivity contribution < 1.29 is 4.74 Å². The number of nitrogens with zero attached hydrogens (tertiary/aromatic N) is 2. The highest BCUT2D eigenvalue weighted by Gasteiger charge is 2.10. The second-order valence-corrected chi connectivity index (χ2v) is 5.39. The van der Waals surface area contributed by atoms with Gasteiger partial charge in [0.1, 0.15) is 10.6 Å². The molecule has 0 bridgehead atoms. The average Bonchev–Trinajstić information content (AvgIpc) is 2.98. The van der Waals surface area contributed by atoms with Crippen LogP contribution in [0.3, 0.4) is 0 Å². The molecule has 2 heterocycles. The van der Waals surface area contributed by atoms with Crippen molar-refractivity contribution in [3.8, 4) is 0 Å². The van der Waals surface area contributed by atoms with E-state index in [0.717, 1.165) is 27.3 Å². The van der Waals surface area contributed by atoms with Crippen LogP contribution in [0.25, 0.3) is 10.2 Å². The van der Waals surface area contributed by atoms with Crippen LogP contribution in [0.4, 0.5) is 17.5 Å². The Hall–Kier alpha value is -2.18. The number of methoxy groups -OCH3 is 1. The van der Waals surface area contributed by atoms with E-state index in [1.807, 2.05) is 42.8 Å². The summed E-state index contributed by atoms with van der Waals surface area (Å²) in [5, 5.41) is 9.43. The number of thiophene rings is 1. The van der Waals surface area contributed by atoms with Gasteiger partial charge in [-0.2, -0.15) is 4.98 Å². The van der Waals surface area contributed by atoms with Crippen LogP contribution < -0.4 is 10.6 Å². The van der Waals surface area contributed by atoms with E-state index in [9.17, 15) is 0 Å². The number of ether oxygens (including phenoxy) is 1. The van der Waals surface area contributed by atoms with Crippen molar-refractivity contribution in [2.24, 2.45) is 0 Å². The van der Waals surface area contributed by atoms with Crippen LogP contribution in [0.2, 0.25) is 0 Å². The van der Waals surface area contributed by atoms with Crippen LogP contribution in [0.15, 0.2) is 35.7 Å². The van der Waals surface area contributed by atoms with Crippen molar-refractivity contribution in [3.63, 3.8) is 0 Å². The van der Waals surface area contributed by atoms with Crippen molar-refractivity contribution in [2.75, 3.05) is 24.8 Å². The fourth-order valence-electron chi connectivity index (χ4n) is 2.11. The molecular weight excluding hydrogens is 284 g/mol. The molecule has 108 valence electrons. The monoisotopic (exact) mass is 300 g/mol. The van der Waals surface area contributed by atoms with Crippen LogP contribution in [-0.4, -0.2) is 24.1 Å². The second-order valence-electron chi connectivity index (χ2n) is 4.50. The Bertz CT molecular complexity index is 756. The van der Waals surface area contributed by atoms with Gasteiger partial charge in [-0.15, -0.1) is 11.3 Å². The summed E-state index contributed by atoms with van der Waals surface area (Å²) in [5.74, 6) is 1.41. The normalized spacial score (nSPS) is 10.8. The minimum atomic E-state index is 0.555. The summed E-state index contributed by atoms with van der Waals surface area (Å²) >= 11 is 1.60. The second kappa shape index (κ2) is 6.07. The first-order valence-electron chi connectivity index (χ1n) is 6.58. The van der Waals surface area contributed by atoms with Crippen LogP contribution in [-0.2, 0) is 11.3 Å². The van der Waals surface area contributed by atoms with Crippen molar-refractivity contribution in [3.05, 3.63) is 41.3 Å². The third-order valence-electron chi connectivity index (χ3n) is 3.12. The lowest BCUT2D eigenvalue weighted by molar-refractivity contribution is 0.185. The SMILES string of the molecule is CNc1nc(Nc2ccccc2COC)c2ccsc2n1. The third kappa shape index (κ3) is 2.81. The topological polar surface area (TPSA) is 59.1 Å². The van der Waals surface area contributed by atoms with E-state index in [1.54, 1.807) is 18.4 Å². The number of fused-ring (bicyclic) bond motifs is 1. The lowest BCUT2D eigenvalue weighted by atomic mass is 10.2. The summed E-state index contributed by atoms with van der Waals surface area (Å²) in [4.78, 5) is 9.93. The fraction of sp³-hybridized carbons (Fsp3) is 0.200. The van der Waals surface area contributed by atoms with E-state index in [-0.39, 0.29) is 0 Å². The highest BCUT2D eigenvalue weighted by atomic mass is 32.1. The number of benzene rings is 1. The van der Waals surface area contributed by atoms with Crippen molar-refractivity contribution in [2.45, 2.75) is 6.61 Å². The van der Waals surface area contributed by atoms with Gasteiger partial charge in [-0.1, -0.05) is 18.2 Å². The van der Waals surface area contributed by atoms with Gasteiger partial charge in [-0.25, -0.2) is 4.98 Å². The maximum Gasteiger partial charge on any atom is 0.225 e. The minimum absolute atomic E-state index is 0.555. The zero-order chi connectivity index (χ0) is 14.7. The van der Waals surface area contributed by atoms with Gasteiger partial charge < -0.3 is 15.4 Å². The van der Waals surface area contributed by atoms with Crippen LogP contribution >= 0.6 is 11.3 Å². The largest absolute Gasteiger partial charge is 0.380 e. The van der Waals surface area contributed by atoms with E-state index in [1.165, 1.54) is 0 Å². The Labute approximate surface area is 127 Å². The van der Waals surface area contributed by atoms with Crippen molar-refractivity contribution in [1.29, 1.82) is 0 Å². The number of anilines is 3. The molecule has 5 nitrogen and oxygen atoms in total. The molecule has 0 saturated carbocycles. The van der Waals surface area contributed by atoms with Gasteiger partial charge in [0.25, 0.3) is 0 Å².